The van der Waals surface area contributed by atoms with Crippen LogP contribution in [0, 0.1) is 13.8 Å². The minimum absolute atomic E-state index is 0.0727. The number of hydrogen-bond acceptors (Lipinski definition) is 5. The average Bonchev–Trinajstić information content (AvgIpc) is 3.04. The molecule has 1 amide bonds. The Hall–Kier alpha value is -2.94. The number of aromatic nitrogens is 3. The highest BCUT2D eigenvalue weighted by atomic mass is 32.2. The van der Waals surface area contributed by atoms with E-state index in [0.29, 0.717) is 16.5 Å². The number of halogens is 2. The maximum absolute atomic E-state index is 12.3. The molecule has 0 spiro atoms. The fourth-order valence-electron chi connectivity index (χ4n) is 2.62. The SMILES string of the molecule is Cc1ccc(NC(=O)CSc2nnc(-c3ccc(OC(F)F)cc3)n2C)cc1C. The number of carbonyl (C=O) groups excluding carboxylic acids is 1. The Kier molecular flexibility index (Phi) is 6.48. The summed E-state index contributed by atoms with van der Waals surface area (Å²) in [6, 6.07) is 11.9. The van der Waals surface area contributed by atoms with Crippen LogP contribution in [0.4, 0.5) is 14.5 Å². The lowest BCUT2D eigenvalue weighted by Gasteiger charge is -2.08. The molecule has 152 valence electrons. The van der Waals surface area contributed by atoms with Gasteiger partial charge in [0.1, 0.15) is 5.75 Å². The van der Waals surface area contributed by atoms with Crippen LogP contribution in [0.3, 0.4) is 0 Å². The van der Waals surface area contributed by atoms with Gasteiger partial charge in [-0.05, 0) is 61.4 Å². The summed E-state index contributed by atoms with van der Waals surface area (Å²) in [5.74, 6) is 0.672. The van der Waals surface area contributed by atoms with E-state index in [4.69, 9.17) is 0 Å². The second-order valence-electron chi connectivity index (χ2n) is 6.40. The quantitative estimate of drug-likeness (QED) is 0.575. The van der Waals surface area contributed by atoms with Crippen LogP contribution >= 0.6 is 11.8 Å². The van der Waals surface area contributed by atoms with E-state index in [1.807, 2.05) is 32.0 Å². The van der Waals surface area contributed by atoms with E-state index in [9.17, 15) is 13.6 Å². The van der Waals surface area contributed by atoms with Crippen molar-refractivity contribution in [2.75, 3.05) is 11.1 Å². The van der Waals surface area contributed by atoms with Gasteiger partial charge < -0.3 is 14.6 Å². The third kappa shape index (κ3) is 5.32. The minimum Gasteiger partial charge on any atom is -0.435 e. The molecule has 1 heterocycles. The Morgan fingerprint density at radius 1 is 1.14 bits per heavy atom. The Morgan fingerprint density at radius 3 is 2.52 bits per heavy atom. The van der Waals surface area contributed by atoms with Crippen LogP contribution in [-0.2, 0) is 11.8 Å². The van der Waals surface area contributed by atoms with Gasteiger partial charge in [-0.2, -0.15) is 8.78 Å². The van der Waals surface area contributed by atoms with Crippen molar-refractivity contribution in [3.05, 3.63) is 53.6 Å². The Balaban J connectivity index is 1.62. The highest BCUT2D eigenvalue weighted by Crippen LogP contribution is 2.25. The highest BCUT2D eigenvalue weighted by molar-refractivity contribution is 7.99. The molecular weight excluding hydrogens is 398 g/mol. The van der Waals surface area contributed by atoms with Gasteiger partial charge in [0.15, 0.2) is 11.0 Å². The summed E-state index contributed by atoms with van der Waals surface area (Å²) in [5, 5.41) is 11.7. The molecule has 0 unspecified atom stereocenters. The molecule has 0 saturated heterocycles. The molecule has 0 aliphatic rings. The first-order chi connectivity index (χ1) is 13.8. The molecule has 1 N–H and O–H groups in total. The van der Waals surface area contributed by atoms with Gasteiger partial charge in [-0.25, -0.2) is 0 Å². The van der Waals surface area contributed by atoms with Gasteiger partial charge in [-0.15, -0.1) is 10.2 Å². The fourth-order valence-corrected chi connectivity index (χ4v) is 3.33. The van der Waals surface area contributed by atoms with Crippen molar-refractivity contribution in [3.63, 3.8) is 0 Å². The number of nitrogens with one attached hydrogen (secondary N) is 1. The molecule has 0 fully saturated rings. The van der Waals surface area contributed by atoms with Crippen LogP contribution in [-0.4, -0.2) is 33.0 Å². The predicted octanol–water partition coefficient (Wildman–Crippen LogP) is 4.43. The summed E-state index contributed by atoms with van der Waals surface area (Å²) in [4.78, 5) is 12.2. The molecule has 0 aliphatic carbocycles. The lowest BCUT2D eigenvalue weighted by molar-refractivity contribution is -0.113. The fraction of sp³-hybridized carbons (Fsp3) is 0.250. The summed E-state index contributed by atoms with van der Waals surface area (Å²) >= 11 is 1.26. The molecule has 9 heteroatoms. The number of nitrogens with zero attached hydrogens (tertiary/aromatic N) is 3. The van der Waals surface area contributed by atoms with Gasteiger partial charge in [-0.3, -0.25) is 4.79 Å². The van der Waals surface area contributed by atoms with Crippen molar-refractivity contribution >= 4 is 23.4 Å². The van der Waals surface area contributed by atoms with Crippen molar-refractivity contribution in [1.29, 1.82) is 0 Å². The molecule has 1 aromatic heterocycles. The molecule has 0 atom stereocenters. The Bertz CT molecular complexity index is 1010. The lowest BCUT2D eigenvalue weighted by Crippen LogP contribution is -2.14. The van der Waals surface area contributed by atoms with Crippen molar-refractivity contribution < 1.29 is 18.3 Å². The highest BCUT2D eigenvalue weighted by Gasteiger charge is 2.14. The van der Waals surface area contributed by atoms with E-state index < -0.39 is 6.61 Å². The zero-order valence-electron chi connectivity index (χ0n) is 16.1. The average molecular weight is 418 g/mol. The minimum atomic E-state index is -2.87. The van der Waals surface area contributed by atoms with Crippen LogP contribution < -0.4 is 10.1 Å². The lowest BCUT2D eigenvalue weighted by atomic mass is 10.1. The molecule has 6 nitrogen and oxygen atoms in total. The first-order valence-corrected chi connectivity index (χ1v) is 9.76. The molecule has 29 heavy (non-hydrogen) atoms. The number of anilines is 1. The number of aryl methyl sites for hydroxylation is 2. The summed E-state index contributed by atoms with van der Waals surface area (Å²) in [5.41, 5.74) is 3.73. The zero-order chi connectivity index (χ0) is 21.0. The van der Waals surface area contributed by atoms with Crippen molar-refractivity contribution in [3.8, 4) is 17.1 Å². The number of carbonyl (C=O) groups is 1. The molecule has 0 aliphatic heterocycles. The molecule has 3 rings (SSSR count). The topological polar surface area (TPSA) is 69.0 Å². The smallest absolute Gasteiger partial charge is 0.387 e. The number of thioether (sulfide) groups is 1. The van der Waals surface area contributed by atoms with Gasteiger partial charge in [0.05, 0.1) is 5.75 Å². The number of hydrogen-bond donors (Lipinski definition) is 1. The number of rotatable bonds is 7. The maximum Gasteiger partial charge on any atom is 0.387 e. The first-order valence-electron chi connectivity index (χ1n) is 8.78. The standard InChI is InChI=1S/C20H20F2N4O2S/c1-12-4-7-15(10-13(12)2)23-17(27)11-29-20-25-24-18(26(20)3)14-5-8-16(9-6-14)28-19(21)22/h4-10,19H,11H2,1-3H3,(H,23,27). The van der Waals surface area contributed by atoms with E-state index in [0.717, 1.165) is 16.8 Å². The zero-order valence-corrected chi connectivity index (χ0v) is 17.0. The Labute approximate surface area is 171 Å². The number of alkyl halides is 2. The van der Waals surface area contributed by atoms with Gasteiger partial charge in [0, 0.05) is 18.3 Å². The number of amides is 1. The second kappa shape index (κ2) is 9.04. The third-order valence-corrected chi connectivity index (χ3v) is 5.32. The molecular formula is C20H20F2N4O2S. The van der Waals surface area contributed by atoms with Crippen molar-refractivity contribution in [2.24, 2.45) is 7.05 Å². The van der Waals surface area contributed by atoms with E-state index >= 15 is 0 Å². The van der Waals surface area contributed by atoms with Gasteiger partial charge in [0.25, 0.3) is 0 Å². The summed E-state index contributed by atoms with van der Waals surface area (Å²) < 4.78 is 30.6. The maximum atomic E-state index is 12.3. The molecule has 3 aromatic rings. The summed E-state index contributed by atoms with van der Waals surface area (Å²) in [7, 11) is 1.78. The molecule has 2 aromatic carbocycles. The monoisotopic (exact) mass is 418 g/mol. The first kappa shape index (κ1) is 20.8. The van der Waals surface area contributed by atoms with Crippen molar-refractivity contribution in [2.45, 2.75) is 25.6 Å². The van der Waals surface area contributed by atoms with E-state index in [-0.39, 0.29) is 17.4 Å². The Morgan fingerprint density at radius 2 is 1.86 bits per heavy atom. The second-order valence-corrected chi connectivity index (χ2v) is 7.35. The molecule has 0 saturated carbocycles. The number of benzene rings is 2. The van der Waals surface area contributed by atoms with Gasteiger partial charge in [-0.1, -0.05) is 17.8 Å². The third-order valence-electron chi connectivity index (χ3n) is 4.30. The summed E-state index contributed by atoms with van der Waals surface area (Å²) in [6.07, 6.45) is 0. The molecule has 0 bridgehead atoms. The van der Waals surface area contributed by atoms with Crippen LogP contribution in [0.2, 0.25) is 0 Å². The van der Waals surface area contributed by atoms with Gasteiger partial charge in [0.2, 0.25) is 5.91 Å². The van der Waals surface area contributed by atoms with Crippen molar-refractivity contribution in [1.82, 2.24) is 14.8 Å². The van der Waals surface area contributed by atoms with Crippen LogP contribution in [0.25, 0.3) is 11.4 Å². The van der Waals surface area contributed by atoms with Gasteiger partial charge >= 0.3 is 6.61 Å². The predicted molar refractivity (Wildman–Crippen MR) is 108 cm³/mol. The van der Waals surface area contributed by atoms with E-state index in [1.54, 1.807) is 23.7 Å². The largest absolute Gasteiger partial charge is 0.435 e. The van der Waals surface area contributed by atoms with Crippen LogP contribution in [0.5, 0.6) is 5.75 Å². The van der Waals surface area contributed by atoms with Crippen LogP contribution in [0.15, 0.2) is 47.6 Å². The summed E-state index contributed by atoms with van der Waals surface area (Å²) in [6.45, 7) is 1.14. The van der Waals surface area contributed by atoms with Crippen LogP contribution in [0.1, 0.15) is 11.1 Å². The number of ether oxygens (including phenoxy) is 1. The van der Waals surface area contributed by atoms with E-state index in [2.05, 4.69) is 20.3 Å². The normalized spacial score (nSPS) is 11.0. The van der Waals surface area contributed by atoms with E-state index in [1.165, 1.54) is 23.9 Å². The molecule has 0 radical (unpaired) electrons.